The van der Waals surface area contributed by atoms with Crippen LogP contribution < -0.4 is 9.47 Å². The molecule has 0 aliphatic carbocycles. The monoisotopic (exact) mass is 495 g/mol. The minimum absolute atomic E-state index is 0.0617. The molecule has 1 N–H and O–H groups in total. The molecule has 10 heteroatoms. The number of nitro groups is 1. The first-order valence-electron chi connectivity index (χ1n) is 12.0. The Morgan fingerprint density at radius 1 is 1.08 bits per heavy atom. The normalized spacial score (nSPS) is 18.6. The fraction of sp³-hybridized carbons (Fsp3) is 0.385. The minimum atomic E-state index is -0.879. The van der Waals surface area contributed by atoms with Gasteiger partial charge in [-0.25, -0.2) is 0 Å². The first-order chi connectivity index (χ1) is 17.3. The lowest BCUT2D eigenvalue weighted by Crippen LogP contribution is -2.33. The second-order valence-electron chi connectivity index (χ2n) is 8.58. The van der Waals surface area contributed by atoms with Crippen molar-refractivity contribution in [2.24, 2.45) is 0 Å². The SMILES string of the molecule is CCN(CC)CCCN1C(=O)C(=O)/C(=C(/O)c2ccc3c(c2)OCCO3)[C@@H]1c1ccc([N+](=O)[O-])cc1. The van der Waals surface area contributed by atoms with E-state index in [9.17, 15) is 24.8 Å². The van der Waals surface area contributed by atoms with E-state index in [1.807, 2.05) is 0 Å². The van der Waals surface area contributed by atoms with Crippen molar-refractivity contribution in [3.8, 4) is 11.5 Å². The summed E-state index contributed by atoms with van der Waals surface area (Å²) in [6.07, 6.45) is 0.627. The number of nitrogens with zero attached hydrogens (tertiary/aromatic N) is 3. The van der Waals surface area contributed by atoms with E-state index in [1.165, 1.54) is 29.2 Å². The van der Waals surface area contributed by atoms with Crippen LogP contribution >= 0.6 is 0 Å². The summed E-state index contributed by atoms with van der Waals surface area (Å²) < 4.78 is 11.1. The number of nitro benzene ring substituents is 1. The zero-order valence-electron chi connectivity index (χ0n) is 20.3. The number of aliphatic hydroxyl groups is 1. The number of aliphatic hydroxyl groups excluding tert-OH is 1. The summed E-state index contributed by atoms with van der Waals surface area (Å²) in [5, 5.41) is 22.4. The molecule has 0 aromatic heterocycles. The van der Waals surface area contributed by atoms with E-state index in [0.29, 0.717) is 48.8 Å². The second kappa shape index (κ2) is 10.8. The minimum Gasteiger partial charge on any atom is -0.507 e. The number of ketones is 1. The maximum Gasteiger partial charge on any atom is 0.295 e. The third-order valence-corrected chi connectivity index (χ3v) is 6.54. The molecule has 190 valence electrons. The number of ether oxygens (including phenoxy) is 2. The first kappa shape index (κ1) is 25.2. The molecular weight excluding hydrogens is 466 g/mol. The number of carbonyl (C=O) groups is 2. The van der Waals surface area contributed by atoms with Crippen molar-refractivity contribution in [2.75, 3.05) is 39.4 Å². The van der Waals surface area contributed by atoms with E-state index in [-0.39, 0.29) is 17.0 Å². The van der Waals surface area contributed by atoms with Gasteiger partial charge in [0.05, 0.1) is 16.5 Å². The van der Waals surface area contributed by atoms with E-state index in [4.69, 9.17) is 9.47 Å². The Hall–Kier alpha value is -3.92. The molecule has 10 nitrogen and oxygen atoms in total. The lowest BCUT2D eigenvalue weighted by molar-refractivity contribution is -0.384. The highest BCUT2D eigenvalue weighted by atomic mass is 16.6. The number of benzene rings is 2. The Balaban J connectivity index is 1.74. The van der Waals surface area contributed by atoms with Gasteiger partial charge in [0, 0.05) is 24.2 Å². The van der Waals surface area contributed by atoms with Crippen molar-refractivity contribution in [1.82, 2.24) is 9.80 Å². The van der Waals surface area contributed by atoms with Crippen LogP contribution in [0.4, 0.5) is 5.69 Å². The van der Waals surface area contributed by atoms with Gasteiger partial charge in [-0.05, 0) is 62.0 Å². The van der Waals surface area contributed by atoms with Crippen LogP contribution in [0.3, 0.4) is 0 Å². The fourth-order valence-electron chi connectivity index (χ4n) is 4.59. The molecular formula is C26H29N3O7. The summed E-state index contributed by atoms with van der Waals surface area (Å²) in [6, 6.07) is 9.63. The molecule has 2 aromatic carbocycles. The number of hydrogen-bond donors (Lipinski definition) is 1. The summed E-state index contributed by atoms with van der Waals surface area (Å²) in [6.45, 7) is 7.65. The molecule has 0 bridgehead atoms. The van der Waals surface area contributed by atoms with E-state index >= 15 is 0 Å². The smallest absolute Gasteiger partial charge is 0.295 e. The van der Waals surface area contributed by atoms with Crippen LogP contribution in [0.1, 0.15) is 37.4 Å². The summed E-state index contributed by atoms with van der Waals surface area (Å²) >= 11 is 0. The van der Waals surface area contributed by atoms with Crippen LogP contribution in [-0.2, 0) is 9.59 Å². The zero-order valence-corrected chi connectivity index (χ0v) is 20.3. The quantitative estimate of drug-likeness (QED) is 0.184. The van der Waals surface area contributed by atoms with Gasteiger partial charge in [-0.15, -0.1) is 0 Å². The Morgan fingerprint density at radius 3 is 2.39 bits per heavy atom. The lowest BCUT2D eigenvalue weighted by Gasteiger charge is -2.27. The number of non-ortho nitro benzene ring substituents is 1. The molecule has 4 rings (SSSR count). The number of hydrogen-bond acceptors (Lipinski definition) is 8. The maximum absolute atomic E-state index is 13.2. The van der Waals surface area contributed by atoms with Gasteiger partial charge >= 0.3 is 0 Å². The van der Waals surface area contributed by atoms with Crippen LogP contribution in [-0.4, -0.2) is 70.9 Å². The number of rotatable bonds is 9. The van der Waals surface area contributed by atoms with Crippen molar-refractivity contribution >= 4 is 23.1 Å². The third kappa shape index (κ3) is 4.90. The van der Waals surface area contributed by atoms with Crippen molar-refractivity contribution in [3.63, 3.8) is 0 Å². The van der Waals surface area contributed by atoms with Gasteiger partial charge in [-0.1, -0.05) is 13.8 Å². The van der Waals surface area contributed by atoms with Crippen LogP contribution in [0.2, 0.25) is 0 Å². The van der Waals surface area contributed by atoms with Gasteiger partial charge in [-0.2, -0.15) is 0 Å². The molecule has 2 heterocycles. The van der Waals surface area contributed by atoms with E-state index in [1.54, 1.807) is 18.2 Å². The Bertz CT molecular complexity index is 1190. The summed E-state index contributed by atoms with van der Waals surface area (Å²) in [5.74, 6) is -0.877. The molecule has 0 unspecified atom stereocenters. The predicted molar refractivity (Wildman–Crippen MR) is 132 cm³/mol. The molecule has 1 atom stereocenters. The van der Waals surface area contributed by atoms with Gasteiger partial charge in [0.15, 0.2) is 11.5 Å². The van der Waals surface area contributed by atoms with Gasteiger partial charge < -0.3 is 24.4 Å². The van der Waals surface area contributed by atoms with Crippen molar-refractivity contribution in [1.29, 1.82) is 0 Å². The van der Waals surface area contributed by atoms with Crippen LogP contribution in [0.25, 0.3) is 5.76 Å². The Morgan fingerprint density at radius 2 is 1.75 bits per heavy atom. The maximum atomic E-state index is 13.2. The molecule has 0 saturated carbocycles. The third-order valence-electron chi connectivity index (χ3n) is 6.54. The van der Waals surface area contributed by atoms with Crippen molar-refractivity contribution in [2.45, 2.75) is 26.3 Å². The predicted octanol–water partition coefficient (Wildman–Crippen LogP) is 3.52. The zero-order chi connectivity index (χ0) is 25.8. The largest absolute Gasteiger partial charge is 0.507 e. The number of Topliss-reactive ketones (excluding diaryl/α,β-unsaturated/α-hetero) is 1. The first-order valence-corrected chi connectivity index (χ1v) is 12.0. The highest BCUT2D eigenvalue weighted by Crippen LogP contribution is 2.41. The molecule has 2 aliphatic heterocycles. The number of carbonyl (C=O) groups excluding carboxylic acids is 2. The fourth-order valence-corrected chi connectivity index (χ4v) is 4.59. The molecule has 0 spiro atoms. The van der Waals surface area contributed by atoms with E-state index in [2.05, 4.69) is 18.7 Å². The van der Waals surface area contributed by atoms with Crippen LogP contribution in [0, 0.1) is 10.1 Å². The Labute approximate surface area is 208 Å². The number of fused-ring (bicyclic) bond motifs is 1. The highest BCUT2D eigenvalue weighted by molar-refractivity contribution is 6.46. The average Bonchev–Trinajstić information content (AvgIpc) is 3.15. The summed E-state index contributed by atoms with van der Waals surface area (Å²) in [7, 11) is 0. The molecule has 1 amide bonds. The van der Waals surface area contributed by atoms with Crippen molar-refractivity contribution < 1.29 is 29.1 Å². The van der Waals surface area contributed by atoms with Gasteiger partial charge in [-0.3, -0.25) is 19.7 Å². The van der Waals surface area contributed by atoms with Gasteiger partial charge in [0.1, 0.15) is 19.0 Å². The second-order valence-corrected chi connectivity index (χ2v) is 8.58. The van der Waals surface area contributed by atoms with Gasteiger partial charge in [0.25, 0.3) is 17.4 Å². The summed E-state index contributed by atoms with van der Waals surface area (Å²) in [4.78, 5) is 40.6. The average molecular weight is 496 g/mol. The highest BCUT2D eigenvalue weighted by Gasteiger charge is 2.46. The lowest BCUT2D eigenvalue weighted by atomic mass is 9.95. The molecule has 1 saturated heterocycles. The molecule has 36 heavy (non-hydrogen) atoms. The van der Waals surface area contributed by atoms with Gasteiger partial charge in [0.2, 0.25) is 0 Å². The molecule has 2 aromatic rings. The number of likely N-dealkylation sites (tertiary alicyclic amines) is 1. The summed E-state index contributed by atoms with van der Waals surface area (Å²) in [5.41, 5.74) is 0.645. The van der Waals surface area contributed by atoms with E-state index < -0.39 is 22.7 Å². The topological polar surface area (TPSA) is 122 Å². The standard InChI is InChI=1S/C26H29N3O7/c1-3-27(4-2)12-5-13-28-23(17-6-9-19(10-7-17)29(33)34)22(25(31)26(28)32)24(30)18-8-11-20-21(16-18)36-15-14-35-20/h6-11,16,23,30H,3-5,12-15H2,1-2H3/b24-22+/t23-/m0/s1. The van der Waals surface area contributed by atoms with Crippen molar-refractivity contribution in [3.05, 3.63) is 69.3 Å². The van der Waals surface area contributed by atoms with E-state index in [0.717, 1.165) is 19.6 Å². The molecule has 1 fully saturated rings. The van der Waals surface area contributed by atoms with Crippen LogP contribution in [0.5, 0.6) is 11.5 Å². The molecule has 0 radical (unpaired) electrons. The molecule has 2 aliphatic rings. The number of amides is 1. The Kier molecular flexibility index (Phi) is 7.54. The van der Waals surface area contributed by atoms with Crippen LogP contribution in [0.15, 0.2) is 48.0 Å².